The van der Waals surface area contributed by atoms with Gasteiger partial charge in [0.25, 0.3) is 16.4 Å². The lowest BCUT2D eigenvalue weighted by molar-refractivity contribution is 0.147. The van der Waals surface area contributed by atoms with E-state index >= 15 is 0 Å². The minimum Gasteiger partial charge on any atom is -0.383 e. The summed E-state index contributed by atoms with van der Waals surface area (Å²) in [4.78, 5) is 3.30. The Hall–Kier alpha value is -0.800. The third kappa shape index (κ3) is 2.61. The van der Waals surface area contributed by atoms with Crippen LogP contribution in [0.25, 0.3) is 0 Å². The Morgan fingerprint density at radius 1 is 1.47 bits per heavy atom. The van der Waals surface area contributed by atoms with Crippen molar-refractivity contribution >= 4 is 31.8 Å². The number of sulfonamides is 1. The molecule has 4 N–H and O–H groups in total. The summed E-state index contributed by atoms with van der Waals surface area (Å²) in [6.45, 7) is 0. The molecule has 0 aliphatic heterocycles. The summed E-state index contributed by atoms with van der Waals surface area (Å²) < 4.78 is 46.8. The van der Waals surface area contributed by atoms with Crippen LogP contribution >= 0.6 is 15.9 Å². The molecule has 15 heavy (non-hydrogen) atoms. The maximum Gasteiger partial charge on any atom is 0.266 e. The van der Waals surface area contributed by atoms with Crippen LogP contribution in [0.3, 0.4) is 0 Å². The van der Waals surface area contributed by atoms with E-state index in [1.54, 1.807) is 0 Å². The number of hydrogen-bond donors (Lipinski definition) is 2. The van der Waals surface area contributed by atoms with E-state index in [9.17, 15) is 17.2 Å². The first-order valence-electron chi connectivity index (χ1n) is 3.50. The highest BCUT2D eigenvalue weighted by Crippen LogP contribution is 2.29. The van der Waals surface area contributed by atoms with Crippen LogP contribution in [0.15, 0.2) is 15.6 Å². The highest BCUT2D eigenvalue weighted by molar-refractivity contribution is 9.10. The predicted octanol–water partition coefficient (Wildman–Crippen LogP) is 1.01. The van der Waals surface area contributed by atoms with Gasteiger partial charge in [-0.25, -0.2) is 27.3 Å². The molecule has 0 saturated carbocycles. The molecule has 1 rings (SSSR count). The van der Waals surface area contributed by atoms with Gasteiger partial charge in [-0.1, -0.05) is 0 Å². The van der Waals surface area contributed by atoms with E-state index in [0.717, 1.165) is 6.07 Å². The number of rotatable bonds is 2. The number of anilines is 1. The molecule has 84 valence electrons. The summed E-state index contributed by atoms with van der Waals surface area (Å²) >= 11 is 2.86. The zero-order valence-corrected chi connectivity index (χ0v) is 9.52. The lowest BCUT2D eigenvalue weighted by atomic mass is 10.3. The first-order chi connectivity index (χ1) is 6.73. The number of hydrogen-bond acceptors (Lipinski definition) is 4. The normalized spacial score (nSPS) is 12.1. The fourth-order valence-corrected chi connectivity index (χ4v) is 1.92. The number of primary sulfonamides is 1. The molecular formula is C6H6BrF2N3O2S. The molecule has 0 bridgehead atoms. The summed E-state index contributed by atoms with van der Waals surface area (Å²) in [5, 5.41) is 3.82. The van der Waals surface area contributed by atoms with Crippen LogP contribution in [-0.2, 0) is 10.0 Å². The van der Waals surface area contributed by atoms with E-state index in [4.69, 9.17) is 10.9 Å². The van der Waals surface area contributed by atoms with Crippen molar-refractivity contribution in [3.8, 4) is 0 Å². The predicted molar refractivity (Wildman–Crippen MR) is 52.7 cm³/mol. The number of nitrogens with two attached hydrogens (primary N) is 2. The van der Waals surface area contributed by atoms with Crippen LogP contribution in [0, 0.1) is 0 Å². The molecule has 0 unspecified atom stereocenters. The van der Waals surface area contributed by atoms with E-state index in [1.807, 2.05) is 0 Å². The third-order valence-corrected chi connectivity index (χ3v) is 3.00. The van der Waals surface area contributed by atoms with Gasteiger partial charge in [-0.2, -0.15) is 0 Å². The minimum absolute atomic E-state index is 0.0881. The van der Waals surface area contributed by atoms with E-state index in [1.165, 1.54) is 0 Å². The molecule has 0 radical (unpaired) electrons. The van der Waals surface area contributed by atoms with Gasteiger partial charge in [0.2, 0.25) is 0 Å². The number of nitrogens with zero attached hydrogens (tertiary/aromatic N) is 1. The fourth-order valence-electron chi connectivity index (χ4n) is 0.884. The molecule has 0 spiro atoms. The van der Waals surface area contributed by atoms with Crippen molar-refractivity contribution in [1.29, 1.82) is 0 Å². The fraction of sp³-hybridized carbons (Fsp3) is 0.167. The Balaban J connectivity index is 3.56. The van der Waals surface area contributed by atoms with E-state index in [2.05, 4.69) is 20.9 Å². The smallest absolute Gasteiger partial charge is 0.266 e. The lowest BCUT2D eigenvalue weighted by Crippen LogP contribution is -2.17. The molecule has 0 aliphatic carbocycles. The molecule has 1 heterocycles. The minimum atomic E-state index is -4.31. The Kier molecular flexibility index (Phi) is 3.26. The van der Waals surface area contributed by atoms with Gasteiger partial charge in [-0.15, -0.1) is 0 Å². The standard InChI is InChI=1S/C6H6BrF2N3O2S/c7-3-1-2(4(8)9)6(12-5(3)10)15(11,13)14/h1,4H,(H2,10,12)(H2,11,13,14). The van der Waals surface area contributed by atoms with Crippen LogP contribution in [0.1, 0.15) is 12.0 Å². The maximum atomic E-state index is 12.4. The molecule has 0 aromatic carbocycles. The second-order valence-corrected chi connectivity index (χ2v) is 4.93. The molecule has 1 aromatic heterocycles. The molecule has 1 aromatic rings. The first kappa shape index (κ1) is 12.3. The van der Waals surface area contributed by atoms with E-state index in [-0.39, 0.29) is 10.3 Å². The topological polar surface area (TPSA) is 99.1 Å². The van der Waals surface area contributed by atoms with Crippen LogP contribution < -0.4 is 10.9 Å². The summed E-state index contributed by atoms with van der Waals surface area (Å²) in [5.74, 6) is -0.219. The SMILES string of the molecule is Nc1nc(S(N)(=O)=O)c(C(F)F)cc1Br. The van der Waals surface area contributed by atoms with Crippen LogP contribution in [-0.4, -0.2) is 13.4 Å². The first-order valence-corrected chi connectivity index (χ1v) is 5.84. The Morgan fingerprint density at radius 3 is 2.40 bits per heavy atom. The number of pyridine rings is 1. The van der Waals surface area contributed by atoms with Crippen molar-refractivity contribution in [1.82, 2.24) is 4.98 Å². The van der Waals surface area contributed by atoms with Crippen molar-refractivity contribution in [2.75, 3.05) is 5.73 Å². The molecular weight excluding hydrogens is 296 g/mol. The molecule has 0 aliphatic rings. The number of alkyl halides is 2. The van der Waals surface area contributed by atoms with Crippen molar-refractivity contribution in [3.63, 3.8) is 0 Å². The van der Waals surface area contributed by atoms with Crippen molar-refractivity contribution in [2.24, 2.45) is 5.14 Å². The lowest BCUT2D eigenvalue weighted by Gasteiger charge is -2.08. The van der Waals surface area contributed by atoms with Gasteiger partial charge in [0, 0.05) is 0 Å². The summed E-state index contributed by atoms with van der Waals surface area (Å²) in [5.41, 5.74) is 4.48. The van der Waals surface area contributed by atoms with Gasteiger partial charge in [-0.3, -0.25) is 0 Å². The third-order valence-electron chi connectivity index (χ3n) is 1.50. The van der Waals surface area contributed by atoms with Gasteiger partial charge in [-0.05, 0) is 22.0 Å². The molecule has 0 amide bonds. The summed E-state index contributed by atoms with van der Waals surface area (Å²) in [7, 11) is -4.31. The zero-order chi connectivity index (χ0) is 11.8. The van der Waals surface area contributed by atoms with Crippen molar-refractivity contribution < 1.29 is 17.2 Å². The molecule has 5 nitrogen and oxygen atoms in total. The quantitative estimate of drug-likeness (QED) is 0.851. The van der Waals surface area contributed by atoms with Gasteiger partial charge >= 0.3 is 0 Å². The zero-order valence-electron chi connectivity index (χ0n) is 7.12. The summed E-state index contributed by atoms with van der Waals surface area (Å²) in [6.07, 6.45) is -3.00. The van der Waals surface area contributed by atoms with Crippen LogP contribution in [0.2, 0.25) is 0 Å². The number of halogens is 3. The van der Waals surface area contributed by atoms with Gasteiger partial charge in [0.1, 0.15) is 5.82 Å². The maximum absolute atomic E-state index is 12.4. The van der Waals surface area contributed by atoms with Crippen molar-refractivity contribution in [2.45, 2.75) is 11.5 Å². The van der Waals surface area contributed by atoms with Crippen LogP contribution in [0.4, 0.5) is 14.6 Å². The van der Waals surface area contributed by atoms with E-state index < -0.39 is 27.0 Å². The Morgan fingerprint density at radius 2 is 2.00 bits per heavy atom. The number of aromatic nitrogens is 1. The average molecular weight is 302 g/mol. The van der Waals surface area contributed by atoms with E-state index in [0.29, 0.717) is 0 Å². The van der Waals surface area contributed by atoms with Crippen LogP contribution in [0.5, 0.6) is 0 Å². The molecule has 9 heteroatoms. The largest absolute Gasteiger partial charge is 0.383 e. The Labute approximate surface area is 92.7 Å². The number of nitrogen functional groups attached to an aromatic ring is 1. The second kappa shape index (κ2) is 3.99. The second-order valence-electron chi connectivity index (χ2n) is 2.60. The molecule has 0 fully saturated rings. The van der Waals surface area contributed by atoms with Gasteiger partial charge in [0.15, 0.2) is 5.03 Å². The van der Waals surface area contributed by atoms with Gasteiger partial charge in [0.05, 0.1) is 10.0 Å². The van der Waals surface area contributed by atoms with Gasteiger partial charge < -0.3 is 5.73 Å². The molecule has 0 saturated heterocycles. The highest BCUT2D eigenvalue weighted by Gasteiger charge is 2.23. The Bertz CT molecular complexity index is 491. The van der Waals surface area contributed by atoms with Crippen molar-refractivity contribution in [3.05, 3.63) is 16.1 Å². The summed E-state index contributed by atoms with van der Waals surface area (Å²) in [6, 6.07) is 0.882. The monoisotopic (exact) mass is 301 g/mol. The molecule has 0 atom stereocenters. The highest BCUT2D eigenvalue weighted by atomic mass is 79.9. The average Bonchev–Trinajstić information content (AvgIpc) is 2.06.